The molecule has 1 heterocycles. The number of ether oxygens (including phenoxy) is 1. The van der Waals surface area contributed by atoms with E-state index in [9.17, 15) is 13.2 Å². The number of rotatable bonds is 7. The highest BCUT2D eigenvalue weighted by atomic mass is 32.2. The van der Waals surface area contributed by atoms with Crippen LogP contribution in [-0.4, -0.2) is 63.4 Å². The minimum atomic E-state index is -3.52. The number of sulfonamides is 1. The maximum atomic E-state index is 12.8. The molecule has 8 heteroatoms. The van der Waals surface area contributed by atoms with E-state index in [1.165, 1.54) is 21.9 Å². The Bertz CT molecular complexity index is 1030. The molecule has 0 atom stereocenters. The molecule has 2 aliphatic rings. The number of hydrogen-bond donors (Lipinski definition) is 1. The van der Waals surface area contributed by atoms with Crippen molar-refractivity contribution in [1.82, 2.24) is 9.21 Å². The summed E-state index contributed by atoms with van der Waals surface area (Å²) >= 11 is 0. The number of nitrogens with one attached hydrogen (secondary N) is 1. The summed E-state index contributed by atoms with van der Waals surface area (Å²) in [5, 5.41) is 2.99. The van der Waals surface area contributed by atoms with Crippen molar-refractivity contribution in [3.05, 3.63) is 53.6 Å². The van der Waals surface area contributed by atoms with Gasteiger partial charge in [-0.15, -0.1) is 0 Å². The van der Waals surface area contributed by atoms with Crippen molar-refractivity contribution in [1.29, 1.82) is 0 Å². The fourth-order valence-electron chi connectivity index (χ4n) is 4.22. The number of aryl methyl sites for hydroxylation is 2. The minimum absolute atomic E-state index is 0.00812. The van der Waals surface area contributed by atoms with E-state index in [4.69, 9.17) is 4.74 Å². The number of nitrogens with zero attached hydrogens (tertiary/aromatic N) is 2. The molecule has 1 aliphatic heterocycles. The summed E-state index contributed by atoms with van der Waals surface area (Å²) in [6.07, 6.45) is 3.79. The maximum absolute atomic E-state index is 12.8. The molecule has 1 saturated heterocycles. The molecule has 31 heavy (non-hydrogen) atoms. The van der Waals surface area contributed by atoms with Gasteiger partial charge in [0.15, 0.2) is 0 Å². The summed E-state index contributed by atoms with van der Waals surface area (Å²) in [6, 6.07) is 12.6. The molecule has 1 aliphatic carbocycles. The van der Waals surface area contributed by atoms with Gasteiger partial charge in [-0.2, -0.15) is 4.31 Å². The first-order chi connectivity index (χ1) is 15.0. The van der Waals surface area contributed by atoms with Crippen LogP contribution >= 0.6 is 0 Å². The fourth-order valence-corrected chi connectivity index (χ4v) is 5.65. The Labute approximate surface area is 184 Å². The summed E-state index contributed by atoms with van der Waals surface area (Å²) < 4.78 is 32.3. The Morgan fingerprint density at radius 2 is 1.71 bits per heavy atom. The van der Waals surface area contributed by atoms with Crippen LogP contribution in [0.15, 0.2) is 47.4 Å². The molecule has 7 nitrogen and oxygen atoms in total. The van der Waals surface area contributed by atoms with Crippen molar-refractivity contribution in [2.75, 3.05) is 45.2 Å². The monoisotopic (exact) mass is 443 g/mol. The fraction of sp³-hybridized carbons (Fsp3) is 0.435. The molecule has 2 aromatic rings. The number of methoxy groups -OCH3 is 1. The largest absolute Gasteiger partial charge is 0.497 e. The standard InChI is InChI=1S/C23H29N3O4S/c1-30-21-7-9-22(10-8-21)31(28,29)26-15-13-25(14-16-26)12-11-23(27)24-20-6-5-18-3-2-4-19(18)17-20/h5-10,17H,2-4,11-16H2,1H3,(H,24,27). The lowest BCUT2D eigenvalue weighted by Crippen LogP contribution is -2.49. The molecule has 0 aromatic heterocycles. The zero-order valence-corrected chi connectivity index (χ0v) is 18.7. The Balaban J connectivity index is 1.24. The van der Waals surface area contributed by atoms with Crippen LogP contribution < -0.4 is 10.1 Å². The SMILES string of the molecule is COc1ccc(S(=O)(=O)N2CCN(CCC(=O)Nc3ccc4c(c3)CCC4)CC2)cc1. The third-order valence-corrected chi connectivity index (χ3v) is 7.98. The van der Waals surface area contributed by atoms with E-state index in [0.29, 0.717) is 44.9 Å². The van der Waals surface area contributed by atoms with E-state index < -0.39 is 10.0 Å². The lowest BCUT2D eigenvalue weighted by Gasteiger charge is -2.33. The summed E-state index contributed by atoms with van der Waals surface area (Å²) in [6.45, 7) is 2.68. The van der Waals surface area contributed by atoms with E-state index in [2.05, 4.69) is 22.3 Å². The van der Waals surface area contributed by atoms with E-state index in [1.807, 2.05) is 6.07 Å². The van der Waals surface area contributed by atoms with Crippen molar-refractivity contribution in [2.45, 2.75) is 30.6 Å². The van der Waals surface area contributed by atoms with Gasteiger partial charge in [0.05, 0.1) is 12.0 Å². The second-order valence-corrected chi connectivity index (χ2v) is 9.99. The average Bonchev–Trinajstić information content (AvgIpc) is 3.26. The molecule has 0 saturated carbocycles. The molecule has 0 spiro atoms. The molecule has 1 N–H and O–H groups in total. The van der Waals surface area contributed by atoms with Gasteiger partial charge in [-0.05, 0) is 66.8 Å². The van der Waals surface area contributed by atoms with E-state index in [1.54, 1.807) is 31.4 Å². The Kier molecular flexibility index (Phi) is 6.60. The predicted molar refractivity (Wildman–Crippen MR) is 120 cm³/mol. The van der Waals surface area contributed by atoms with E-state index in [0.717, 1.165) is 18.5 Å². The van der Waals surface area contributed by atoms with Crippen LogP contribution in [0.4, 0.5) is 5.69 Å². The summed E-state index contributed by atoms with van der Waals surface area (Å²) in [5.74, 6) is 0.619. The van der Waals surface area contributed by atoms with E-state index >= 15 is 0 Å². The number of piperazine rings is 1. The van der Waals surface area contributed by atoms with Crippen molar-refractivity contribution < 1.29 is 17.9 Å². The van der Waals surface area contributed by atoms with Crippen LogP contribution in [0.2, 0.25) is 0 Å². The summed E-state index contributed by atoms with van der Waals surface area (Å²) in [4.78, 5) is 14.8. The van der Waals surface area contributed by atoms with Crippen LogP contribution in [0, 0.1) is 0 Å². The minimum Gasteiger partial charge on any atom is -0.497 e. The Hall–Kier alpha value is -2.42. The van der Waals surface area contributed by atoms with Crippen LogP contribution in [0.1, 0.15) is 24.0 Å². The number of carbonyl (C=O) groups is 1. The zero-order chi connectivity index (χ0) is 21.8. The van der Waals surface area contributed by atoms with Crippen LogP contribution in [0.5, 0.6) is 5.75 Å². The normalized spacial score (nSPS) is 17.3. The van der Waals surface area contributed by atoms with Gasteiger partial charge in [-0.3, -0.25) is 4.79 Å². The van der Waals surface area contributed by atoms with Crippen LogP contribution in [-0.2, 0) is 27.7 Å². The molecule has 4 rings (SSSR count). The zero-order valence-electron chi connectivity index (χ0n) is 17.8. The smallest absolute Gasteiger partial charge is 0.243 e. The number of benzene rings is 2. The van der Waals surface area contributed by atoms with Gasteiger partial charge in [-0.1, -0.05) is 6.07 Å². The van der Waals surface area contributed by atoms with E-state index in [-0.39, 0.29) is 10.8 Å². The molecule has 0 unspecified atom stereocenters. The average molecular weight is 444 g/mol. The highest BCUT2D eigenvalue weighted by Crippen LogP contribution is 2.25. The van der Waals surface area contributed by atoms with Crippen molar-refractivity contribution in [3.8, 4) is 5.75 Å². The summed E-state index contributed by atoms with van der Waals surface area (Å²) in [7, 11) is -1.97. The number of amides is 1. The Morgan fingerprint density at radius 3 is 2.42 bits per heavy atom. The van der Waals surface area contributed by atoms with Crippen molar-refractivity contribution in [2.24, 2.45) is 0 Å². The first-order valence-electron chi connectivity index (χ1n) is 10.7. The molecule has 2 aromatic carbocycles. The van der Waals surface area contributed by atoms with Gasteiger partial charge in [0, 0.05) is 44.8 Å². The third kappa shape index (κ3) is 5.08. The number of anilines is 1. The first kappa shape index (κ1) is 21.8. The molecule has 0 radical (unpaired) electrons. The van der Waals surface area contributed by atoms with Gasteiger partial charge in [0.2, 0.25) is 15.9 Å². The molecule has 0 bridgehead atoms. The van der Waals surface area contributed by atoms with Crippen molar-refractivity contribution in [3.63, 3.8) is 0 Å². The molecule has 166 valence electrons. The van der Waals surface area contributed by atoms with Crippen LogP contribution in [0.25, 0.3) is 0 Å². The molecular weight excluding hydrogens is 414 g/mol. The quantitative estimate of drug-likeness (QED) is 0.711. The molecule has 1 fully saturated rings. The summed E-state index contributed by atoms with van der Waals surface area (Å²) in [5.41, 5.74) is 3.59. The lowest BCUT2D eigenvalue weighted by molar-refractivity contribution is -0.116. The second kappa shape index (κ2) is 9.38. The van der Waals surface area contributed by atoms with Crippen LogP contribution in [0.3, 0.4) is 0 Å². The van der Waals surface area contributed by atoms with Gasteiger partial charge >= 0.3 is 0 Å². The van der Waals surface area contributed by atoms with Gasteiger partial charge in [0.25, 0.3) is 0 Å². The number of fused-ring (bicyclic) bond motifs is 1. The Morgan fingerprint density at radius 1 is 1.00 bits per heavy atom. The van der Waals surface area contributed by atoms with Gasteiger partial charge in [-0.25, -0.2) is 8.42 Å². The second-order valence-electron chi connectivity index (χ2n) is 8.06. The lowest BCUT2D eigenvalue weighted by atomic mass is 10.1. The predicted octanol–water partition coefficient (Wildman–Crippen LogP) is 2.52. The molecular formula is C23H29N3O4S. The number of carbonyl (C=O) groups excluding carboxylic acids is 1. The highest BCUT2D eigenvalue weighted by molar-refractivity contribution is 7.89. The van der Waals surface area contributed by atoms with Gasteiger partial charge in [0.1, 0.15) is 5.75 Å². The topological polar surface area (TPSA) is 79.0 Å². The highest BCUT2D eigenvalue weighted by Gasteiger charge is 2.28. The van der Waals surface area contributed by atoms with Gasteiger partial charge < -0.3 is 15.0 Å². The number of hydrogen-bond acceptors (Lipinski definition) is 5. The third-order valence-electron chi connectivity index (χ3n) is 6.07. The van der Waals surface area contributed by atoms with Crippen molar-refractivity contribution >= 4 is 21.6 Å². The first-order valence-corrected chi connectivity index (χ1v) is 12.2. The molecule has 1 amide bonds. The maximum Gasteiger partial charge on any atom is 0.243 e.